The van der Waals surface area contributed by atoms with Crippen LogP contribution < -0.4 is 15.5 Å². The average molecular weight is 918 g/mol. The molecule has 1 saturated heterocycles. The molecule has 1 aromatic rings. The van der Waals surface area contributed by atoms with Crippen molar-refractivity contribution >= 4 is 45.1 Å². The summed E-state index contributed by atoms with van der Waals surface area (Å²) in [7, 11) is -3.03. The molecule has 2 amide bonds. The number of esters is 1. The van der Waals surface area contributed by atoms with Crippen molar-refractivity contribution in [2.75, 3.05) is 29.5 Å². The maximum Gasteiger partial charge on any atom is 0.309 e. The van der Waals surface area contributed by atoms with Crippen LogP contribution >= 0.6 is 0 Å². The lowest BCUT2D eigenvalue weighted by atomic mass is 9.33. The molecule has 0 bridgehead atoms. The molecule has 13 heteroatoms. The molecule has 1 aliphatic heterocycles. The first-order chi connectivity index (χ1) is 30.0. The van der Waals surface area contributed by atoms with Crippen LogP contribution in [0.4, 0.5) is 5.69 Å². The Labute approximate surface area is 387 Å². The van der Waals surface area contributed by atoms with Crippen molar-refractivity contribution < 1.29 is 42.2 Å². The van der Waals surface area contributed by atoms with Gasteiger partial charge in [-0.15, -0.1) is 0 Å². The predicted molar refractivity (Wildman–Crippen MR) is 250 cm³/mol. The standard InChI is InChI=1S/C52H75N3O9S/c1-30(2)40-36(56)29-52(54-45(61)48(7,8)53-42(57)31-12-14-32(15-13-31)55-24-26-65(62,63)27-25-55)23-22-50(10)33(41(40)52)16-17-38-49(9)20-19-39(47(5,6)37(49)18-21-51(38,50)11)64-44(60)35-28-34(43(58)59)46(35,3)4/h12-15,30,33-35,37-39H,16-29H2,1-11H3,(H,53,57)(H,54,61)(H,58,59)/t33-,34+,35-,37+,38-,39+,49+,50-,51-,52-/m1/s1. The number of rotatable bonds is 9. The Hall–Kier alpha value is -3.74. The van der Waals surface area contributed by atoms with Gasteiger partial charge in [0.25, 0.3) is 5.91 Å². The average Bonchev–Trinajstić information content (AvgIpc) is 3.50. The number of sulfone groups is 1. The maximum atomic E-state index is 14.6. The Morgan fingerprint density at radius 2 is 1.46 bits per heavy atom. The van der Waals surface area contributed by atoms with Crippen LogP contribution in [0, 0.1) is 62.6 Å². The highest BCUT2D eigenvalue weighted by Gasteiger charge is 2.71. The van der Waals surface area contributed by atoms with Gasteiger partial charge in [0.1, 0.15) is 11.6 Å². The quantitative estimate of drug-likeness (QED) is 0.206. The molecule has 7 aliphatic rings. The van der Waals surface area contributed by atoms with E-state index in [4.69, 9.17) is 4.74 Å². The second-order valence-corrected chi connectivity index (χ2v) is 26.6. The van der Waals surface area contributed by atoms with Crippen molar-refractivity contribution in [2.24, 2.45) is 62.6 Å². The topological polar surface area (TPSA) is 176 Å². The zero-order chi connectivity index (χ0) is 47.7. The van der Waals surface area contributed by atoms with E-state index in [1.165, 1.54) is 0 Å². The number of ketones is 1. The highest BCUT2D eigenvalue weighted by atomic mass is 32.2. The predicted octanol–water partition coefficient (Wildman–Crippen LogP) is 7.94. The van der Waals surface area contributed by atoms with Gasteiger partial charge in [-0.05, 0) is 152 Å². The van der Waals surface area contributed by atoms with Gasteiger partial charge in [-0.1, -0.05) is 62.3 Å². The van der Waals surface area contributed by atoms with Gasteiger partial charge < -0.3 is 25.4 Å². The molecule has 358 valence electrons. The van der Waals surface area contributed by atoms with Crippen LogP contribution in [-0.2, 0) is 33.8 Å². The monoisotopic (exact) mass is 918 g/mol. The van der Waals surface area contributed by atoms with E-state index in [0.29, 0.717) is 43.3 Å². The molecule has 0 aromatic heterocycles. The summed E-state index contributed by atoms with van der Waals surface area (Å²) in [5.41, 5.74) is -0.0134. The number of allylic oxidation sites excluding steroid dienone is 1. The number of aliphatic carboxylic acids is 1. The molecule has 8 rings (SSSR count). The van der Waals surface area contributed by atoms with Crippen LogP contribution in [0.15, 0.2) is 35.4 Å². The van der Waals surface area contributed by atoms with Gasteiger partial charge in [0.05, 0.1) is 28.9 Å². The van der Waals surface area contributed by atoms with Crippen molar-refractivity contribution in [2.45, 2.75) is 158 Å². The van der Waals surface area contributed by atoms with Gasteiger partial charge in [0.2, 0.25) is 5.91 Å². The van der Waals surface area contributed by atoms with Crippen molar-refractivity contribution in [3.05, 3.63) is 41.0 Å². The minimum atomic E-state index is -3.03. The normalized spacial score (nSPS) is 38.0. The third kappa shape index (κ3) is 7.40. The lowest BCUT2D eigenvalue weighted by Gasteiger charge is -2.72. The zero-order valence-corrected chi connectivity index (χ0v) is 41.6. The molecule has 0 unspecified atom stereocenters. The molecule has 1 heterocycles. The molecular formula is C52H75N3O9S. The van der Waals surface area contributed by atoms with E-state index in [1.807, 2.05) is 30.9 Å². The Morgan fingerprint density at radius 1 is 0.815 bits per heavy atom. The number of amides is 2. The smallest absolute Gasteiger partial charge is 0.309 e. The van der Waals surface area contributed by atoms with Crippen LogP contribution in [0.1, 0.15) is 151 Å². The van der Waals surface area contributed by atoms with Crippen LogP contribution in [0.25, 0.3) is 0 Å². The summed E-state index contributed by atoms with van der Waals surface area (Å²) < 4.78 is 30.3. The third-order valence-electron chi connectivity index (χ3n) is 19.7. The summed E-state index contributed by atoms with van der Waals surface area (Å²) in [4.78, 5) is 70.1. The number of Topliss-reactive ketones (excluding diaryl/α,β-unsaturated/α-hetero) is 1. The van der Waals surface area contributed by atoms with Crippen LogP contribution in [0.2, 0.25) is 0 Å². The molecule has 10 atom stereocenters. The van der Waals surface area contributed by atoms with Gasteiger partial charge in [-0.2, -0.15) is 0 Å². The Morgan fingerprint density at radius 3 is 2.06 bits per heavy atom. The first-order valence-electron chi connectivity index (χ1n) is 24.5. The number of carboxylic acids is 1. The lowest BCUT2D eigenvalue weighted by molar-refractivity contribution is -0.235. The summed E-state index contributed by atoms with van der Waals surface area (Å²) in [5.74, 6) is -1.66. The van der Waals surface area contributed by atoms with Crippen molar-refractivity contribution in [1.29, 1.82) is 0 Å². The SMILES string of the molecule is CC(C)C1=C2[C@H]3CC[C@@H]4[C@@]5(C)CC[C@H](OC(=O)[C@H]6C[C@@H](C(=O)O)C6(C)C)C(C)(C)[C@@H]5CC[C@@]4(C)[C@]3(C)CC[C@@]2(NC(=O)C(C)(C)NC(=O)c2ccc(N3CCS(=O)(=O)CC3)cc2)CC1=O. The second-order valence-electron chi connectivity index (χ2n) is 24.3. The third-order valence-corrected chi connectivity index (χ3v) is 21.3. The second kappa shape index (κ2) is 15.7. The Balaban J connectivity index is 0.995. The zero-order valence-electron chi connectivity index (χ0n) is 40.8. The van der Waals surface area contributed by atoms with Gasteiger partial charge >= 0.3 is 11.9 Å². The summed E-state index contributed by atoms with van der Waals surface area (Å²) in [6, 6.07) is 7.04. The number of nitrogens with one attached hydrogen (secondary N) is 2. The molecule has 0 radical (unpaired) electrons. The van der Waals surface area contributed by atoms with E-state index in [-0.39, 0.29) is 75.2 Å². The molecule has 65 heavy (non-hydrogen) atoms. The van der Waals surface area contributed by atoms with E-state index in [1.54, 1.807) is 26.0 Å². The molecule has 1 aromatic carbocycles. The van der Waals surface area contributed by atoms with Crippen LogP contribution in [0.3, 0.4) is 0 Å². The summed E-state index contributed by atoms with van der Waals surface area (Å²) in [5, 5.41) is 16.1. The summed E-state index contributed by atoms with van der Waals surface area (Å²) >= 11 is 0. The Kier molecular flexibility index (Phi) is 11.5. The van der Waals surface area contributed by atoms with Gasteiger partial charge in [0, 0.05) is 36.2 Å². The highest BCUT2D eigenvalue weighted by Crippen LogP contribution is 2.76. The van der Waals surface area contributed by atoms with E-state index in [2.05, 4.69) is 59.1 Å². The fourth-order valence-electron chi connectivity index (χ4n) is 15.5. The van der Waals surface area contributed by atoms with Gasteiger partial charge in [-0.3, -0.25) is 24.0 Å². The number of hydrogen-bond donors (Lipinski definition) is 3. The number of ether oxygens (including phenoxy) is 1. The number of benzene rings is 1. The highest BCUT2D eigenvalue weighted by molar-refractivity contribution is 7.91. The molecule has 3 N–H and O–H groups in total. The minimum Gasteiger partial charge on any atom is -0.481 e. The van der Waals surface area contributed by atoms with E-state index in [0.717, 1.165) is 61.8 Å². The molecule has 0 spiro atoms. The molecular weight excluding hydrogens is 843 g/mol. The maximum absolute atomic E-state index is 14.6. The van der Waals surface area contributed by atoms with Crippen LogP contribution in [0.5, 0.6) is 0 Å². The number of hydrogen-bond acceptors (Lipinski definition) is 9. The lowest BCUT2D eigenvalue weighted by Crippen LogP contribution is -2.68. The summed E-state index contributed by atoms with van der Waals surface area (Å²) in [6.45, 7) is 24.2. The fourth-order valence-corrected chi connectivity index (χ4v) is 16.7. The number of carbonyl (C=O) groups excluding carboxylic acids is 4. The first-order valence-corrected chi connectivity index (χ1v) is 26.3. The van der Waals surface area contributed by atoms with Crippen molar-refractivity contribution in [1.82, 2.24) is 10.6 Å². The molecule has 6 fully saturated rings. The number of fused-ring (bicyclic) bond motifs is 7. The van der Waals surface area contributed by atoms with Crippen molar-refractivity contribution in [3.63, 3.8) is 0 Å². The van der Waals surface area contributed by atoms with Crippen LogP contribution in [-0.4, -0.2) is 84.8 Å². The minimum absolute atomic E-state index is 0.000318. The Bertz CT molecular complexity index is 2300. The largest absolute Gasteiger partial charge is 0.481 e. The van der Waals surface area contributed by atoms with Gasteiger partial charge in [-0.25, -0.2) is 8.42 Å². The molecule has 5 saturated carbocycles. The number of carbonyl (C=O) groups is 5. The number of anilines is 1. The summed E-state index contributed by atoms with van der Waals surface area (Å²) in [6.07, 6.45) is 7.44. The number of carboxylic acid groups (broad SMARTS) is 1. The first kappa shape index (κ1) is 47.7. The number of nitrogens with zero attached hydrogens (tertiary/aromatic N) is 1. The van der Waals surface area contributed by atoms with E-state index in [9.17, 15) is 37.5 Å². The molecule has 12 nitrogen and oxygen atoms in total. The van der Waals surface area contributed by atoms with E-state index < -0.39 is 50.0 Å². The van der Waals surface area contributed by atoms with E-state index >= 15 is 0 Å². The fraction of sp³-hybridized carbons (Fsp3) is 0.750. The van der Waals surface area contributed by atoms with Gasteiger partial charge in [0.15, 0.2) is 15.6 Å². The molecule has 6 aliphatic carbocycles. The van der Waals surface area contributed by atoms with Crippen molar-refractivity contribution in [3.8, 4) is 0 Å².